The minimum atomic E-state index is -1.26. The number of benzene rings is 3. The molecule has 112 heavy (non-hydrogen) atoms. The summed E-state index contributed by atoms with van der Waals surface area (Å²) in [5.74, 6) is -3.53. The molecule has 3 N–H and O–H groups in total. The largest absolute Gasteiger partial charge is 0.493 e. The first kappa shape index (κ1) is 74.3. The molecule has 3 aromatic rings. The lowest BCUT2D eigenvalue weighted by Gasteiger charge is -2.59. The third-order valence-corrected chi connectivity index (χ3v) is 34.5. The molecule has 31 unspecified atom stereocenters. The van der Waals surface area contributed by atoms with Gasteiger partial charge in [-0.3, -0.25) is 4.79 Å². The normalized spacial score (nSPS) is 46.1. The maximum atomic E-state index is 14.3. The van der Waals surface area contributed by atoms with Crippen LogP contribution in [0.2, 0.25) is 0 Å². The topological polar surface area (TPSA) is 294 Å². The van der Waals surface area contributed by atoms with Crippen molar-refractivity contribution in [2.45, 2.75) is 306 Å². The summed E-state index contributed by atoms with van der Waals surface area (Å²) in [6.45, 7) is 31.5. The lowest BCUT2D eigenvalue weighted by Crippen LogP contribution is -2.71. The van der Waals surface area contributed by atoms with Crippen molar-refractivity contribution in [2.24, 2.45) is 98.1 Å². The Morgan fingerprint density at radius 2 is 0.661 bits per heavy atom. The van der Waals surface area contributed by atoms with Crippen LogP contribution >= 0.6 is 0 Å². The Labute approximate surface area is 656 Å². The molecule has 14 fully saturated rings. The van der Waals surface area contributed by atoms with Crippen LogP contribution in [-0.2, 0) is 64.3 Å². The molecule has 21 nitrogen and oxygen atoms in total. The van der Waals surface area contributed by atoms with Gasteiger partial charge < -0.3 is 72.2 Å². The first-order valence-electron chi connectivity index (χ1n) is 42.0. The Morgan fingerprint density at radius 1 is 0.384 bits per heavy atom. The van der Waals surface area contributed by atoms with Gasteiger partial charge in [0.05, 0.1) is 81.3 Å². The van der Waals surface area contributed by atoms with E-state index in [0.717, 1.165) is 86.8 Å². The highest BCUT2D eigenvalue weighted by Crippen LogP contribution is 2.78. The number of carbonyl (C=O) groups is 3. The van der Waals surface area contributed by atoms with E-state index < -0.39 is 120 Å². The van der Waals surface area contributed by atoms with E-state index in [4.69, 9.17) is 56.8 Å². The van der Waals surface area contributed by atoms with Crippen LogP contribution in [0.1, 0.15) is 227 Å². The van der Waals surface area contributed by atoms with Crippen LogP contribution in [0.5, 0.6) is 34.5 Å². The fraction of sp³-hybridized carbons (Fsp3) is 0.736. The number of aliphatic carboxylic acids is 1. The van der Waals surface area contributed by atoms with Crippen LogP contribution in [0.4, 0.5) is 0 Å². The number of carboxylic acid groups (broad SMARTS) is 3. The number of nitrogens with zero attached hydrogens (tertiary/aromatic N) is 3. The lowest BCUT2D eigenvalue weighted by atomic mass is 9.59. The van der Waals surface area contributed by atoms with Gasteiger partial charge in [0.15, 0.2) is 34.5 Å². The van der Waals surface area contributed by atoms with Gasteiger partial charge in [0.2, 0.25) is 0 Å². The third-order valence-electron chi connectivity index (χ3n) is 34.5. The van der Waals surface area contributed by atoms with E-state index in [2.05, 4.69) is 113 Å². The second-order valence-corrected chi connectivity index (χ2v) is 42.6. The fourth-order valence-electron chi connectivity index (χ4n) is 31.0. The SMILES string of the molecule is COc1cc2c(cc1OC)C1(CC2(C)C)CC(C)(C)C2CC3OC4C(C#N)C5OC6CC7C(CC6OC5C(C#N)C4OC3CC21)C(C)(C)CC71CC(C)(C)C2CC3OC4C(C#N)C5OC6CC7C(CC6OC5C(C(=O)O)C4OC3CC21)C(C)(C)CC71CC(C)(C)c2cc3c(cc21)Oc1c(c(C(=O)O)c(C)c(C)c1C(=O)O)O3. The monoisotopic (exact) mass is 1530 g/mol. The van der Waals surface area contributed by atoms with Crippen molar-refractivity contribution in [2.75, 3.05) is 14.2 Å². The molecule has 17 aliphatic rings. The predicted molar refractivity (Wildman–Crippen MR) is 403 cm³/mol. The molecule has 0 aromatic heterocycles. The van der Waals surface area contributed by atoms with Crippen molar-refractivity contribution in [3.05, 3.63) is 68.8 Å². The highest BCUT2D eigenvalue weighted by atomic mass is 16.6. The van der Waals surface area contributed by atoms with Gasteiger partial charge in [0.1, 0.15) is 83.6 Å². The molecular formula is C91H111N3O18. The first-order chi connectivity index (χ1) is 52.9. The summed E-state index contributed by atoms with van der Waals surface area (Å²) < 4.78 is 84.1. The number of nitriles is 3. The molecule has 0 radical (unpaired) electrons. The van der Waals surface area contributed by atoms with Gasteiger partial charge in [-0.15, -0.1) is 0 Å². The maximum absolute atomic E-state index is 14.3. The number of rotatable bonds is 5. The summed E-state index contributed by atoms with van der Waals surface area (Å²) in [5.41, 5.74) is 3.42. The summed E-state index contributed by atoms with van der Waals surface area (Å²) >= 11 is 0. The molecule has 20 rings (SSSR count). The molecule has 4 saturated heterocycles. The molecule has 21 heteroatoms. The fourth-order valence-corrected chi connectivity index (χ4v) is 31.0. The predicted octanol–water partition coefficient (Wildman–Crippen LogP) is 15.2. The molecule has 3 spiro atoms. The molecular weight excluding hydrogens is 1420 g/mol. The van der Waals surface area contributed by atoms with Crippen molar-refractivity contribution in [3.8, 4) is 52.7 Å². The summed E-state index contributed by atoms with van der Waals surface area (Å²) in [7, 11) is 3.42. The molecule has 10 saturated carbocycles. The van der Waals surface area contributed by atoms with Gasteiger partial charge >= 0.3 is 17.9 Å². The van der Waals surface area contributed by atoms with Crippen LogP contribution in [0.15, 0.2) is 24.3 Å². The summed E-state index contributed by atoms with van der Waals surface area (Å²) in [5, 5.41) is 67.2. The van der Waals surface area contributed by atoms with Crippen LogP contribution in [-0.4, -0.2) is 145 Å². The quantitative estimate of drug-likeness (QED) is 0.167. The van der Waals surface area contributed by atoms with Crippen molar-refractivity contribution < 1.29 is 86.5 Å². The van der Waals surface area contributed by atoms with Gasteiger partial charge in [-0.05, 0) is 247 Å². The Balaban J connectivity index is 0.547. The van der Waals surface area contributed by atoms with Crippen molar-refractivity contribution >= 4 is 17.9 Å². The summed E-state index contributed by atoms with van der Waals surface area (Å²) in [6.07, 6.45) is 1.85. The minimum absolute atomic E-state index is 0.0210. The van der Waals surface area contributed by atoms with E-state index in [0.29, 0.717) is 49.0 Å². The number of hydrogen-bond acceptors (Lipinski definition) is 18. The second-order valence-electron chi connectivity index (χ2n) is 42.6. The van der Waals surface area contributed by atoms with Crippen molar-refractivity contribution in [1.82, 2.24) is 0 Å². The molecule has 598 valence electrons. The maximum Gasteiger partial charge on any atom is 0.339 e. The molecule has 3 aromatic carbocycles. The Hall–Kier alpha value is -6.58. The first-order valence-corrected chi connectivity index (χ1v) is 42.0. The van der Waals surface area contributed by atoms with Crippen LogP contribution in [0.25, 0.3) is 0 Å². The van der Waals surface area contributed by atoms with E-state index in [1.807, 2.05) is 12.1 Å². The number of hydrogen-bond donors (Lipinski definition) is 3. The summed E-state index contributed by atoms with van der Waals surface area (Å²) in [4.78, 5) is 40.0. The van der Waals surface area contributed by atoms with E-state index >= 15 is 0 Å². The van der Waals surface area contributed by atoms with Gasteiger partial charge in [-0.1, -0.05) is 83.1 Å². The van der Waals surface area contributed by atoms with Crippen molar-refractivity contribution in [1.29, 1.82) is 15.8 Å². The second kappa shape index (κ2) is 24.1. The zero-order valence-corrected chi connectivity index (χ0v) is 67.7. The molecule has 0 bridgehead atoms. The van der Waals surface area contributed by atoms with Gasteiger partial charge in [0, 0.05) is 10.8 Å². The van der Waals surface area contributed by atoms with E-state index in [-0.39, 0.29) is 137 Å². The number of methoxy groups -OCH3 is 2. The minimum Gasteiger partial charge on any atom is -0.493 e. The number of aromatic carboxylic acids is 2. The standard InChI is InChI=1S/C91H111N3O18/c1-38-39(2)68(81(97)98)77-76(67(38)80(95)96)109-61-22-48-54(28-66(61)110-77)91(37-88(48,13)14)36-87(11,12)47-21-60-64(26-52(47)91)108-75-42(31-94)74-79(69(82(99)100)78(75)111-60)112-65-27-53-46(20-59(65)107-74)86(9,10)35-90(53)34-85(7,8)45-19-58-63(25-51(45)90)106-73-41(30-93)70-72(40(29-92)71(73)104-58)105-62-24-50-44(18-57(62)103-70)84(5,6)33-89(50)32-83(3,4)43-17-55(101-15)56(102-16)23-49(43)89/h17,22-23,28,40-42,44-47,50-53,57-60,62-65,69-75,78-79H,18-21,24-27,32-37H2,1-16H3,(H,95,96)(H,97,98)(H,99,100). The van der Waals surface area contributed by atoms with E-state index in [1.165, 1.54) is 11.1 Å². The van der Waals surface area contributed by atoms with Crippen LogP contribution in [0.3, 0.4) is 0 Å². The Morgan fingerprint density at radius 3 is 0.991 bits per heavy atom. The number of ether oxygens (including phenoxy) is 12. The van der Waals surface area contributed by atoms with Gasteiger partial charge in [0.25, 0.3) is 0 Å². The molecule has 31 atom stereocenters. The molecule has 5 heterocycles. The molecule has 0 amide bonds. The average molecular weight is 1530 g/mol. The smallest absolute Gasteiger partial charge is 0.339 e. The molecule has 12 aliphatic carbocycles. The number of carboxylic acids is 3. The third kappa shape index (κ3) is 9.88. The van der Waals surface area contributed by atoms with Gasteiger partial charge in [-0.25, -0.2) is 9.59 Å². The van der Waals surface area contributed by atoms with Crippen molar-refractivity contribution in [3.63, 3.8) is 0 Å². The number of fused-ring (bicyclic) bond motifs is 22. The summed E-state index contributed by atoms with van der Waals surface area (Å²) in [6, 6.07) is 16.4. The van der Waals surface area contributed by atoms with Crippen LogP contribution < -0.4 is 18.9 Å². The highest BCUT2D eigenvalue weighted by molar-refractivity contribution is 6.01. The molecule has 5 aliphatic heterocycles. The highest BCUT2D eigenvalue weighted by Gasteiger charge is 2.75. The Bertz CT molecular complexity index is 4690. The van der Waals surface area contributed by atoms with E-state index in [1.54, 1.807) is 28.1 Å². The zero-order chi connectivity index (χ0) is 78.8. The lowest BCUT2D eigenvalue weighted by molar-refractivity contribution is -0.338. The van der Waals surface area contributed by atoms with E-state index in [9.17, 15) is 45.5 Å². The zero-order valence-electron chi connectivity index (χ0n) is 67.7. The van der Waals surface area contributed by atoms with Gasteiger partial charge in [-0.2, -0.15) is 15.8 Å². The average Bonchev–Trinajstić information content (AvgIpc) is 1.51. The van der Waals surface area contributed by atoms with Crippen LogP contribution in [0, 0.1) is 146 Å². The Kier molecular flexibility index (Phi) is 16.0.